The van der Waals surface area contributed by atoms with Crippen molar-refractivity contribution in [1.82, 2.24) is 10.2 Å². The second-order valence-corrected chi connectivity index (χ2v) is 7.13. The Hall–Kier alpha value is -2.35. The van der Waals surface area contributed by atoms with Crippen LogP contribution in [0.15, 0.2) is 18.2 Å². The maximum absolute atomic E-state index is 13.0. The van der Waals surface area contributed by atoms with E-state index in [0.717, 1.165) is 17.5 Å². The lowest BCUT2D eigenvalue weighted by atomic mass is 9.96. The van der Waals surface area contributed by atoms with Crippen LogP contribution in [0.4, 0.5) is 19.0 Å². The number of aromatic hydroxyl groups is 1. The number of nitrogen functional groups attached to an aromatic ring is 1. The maximum Gasteiger partial charge on any atom is 0.416 e. The molecule has 3 rings (SSSR count). The lowest BCUT2D eigenvalue weighted by Gasteiger charge is -2.16. The SMILES string of the molecule is CCC(C)C.Nc1cc2c(nn1)-c1c(O)cc(C(F)(F)F)cc1COCCC2. The van der Waals surface area contributed by atoms with E-state index in [9.17, 15) is 18.3 Å². The molecule has 0 spiro atoms. The first-order valence-corrected chi connectivity index (χ1v) is 9.26. The molecule has 2 aromatic rings. The monoisotopic (exact) mass is 397 g/mol. The second kappa shape index (κ2) is 9.23. The minimum atomic E-state index is -4.55. The van der Waals surface area contributed by atoms with E-state index in [2.05, 4.69) is 31.0 Å². The average Bonchev–Trinajstić information content (AvgIpc) is 2.70. The van der Waals surface area contributed by atoms with Gasteiger partial charge in [0.1, 0.15) is 17.3 Å². The quantitative estimate of drug-likeness (QED) is 0.710. The van der Waals surface area contributed by atoms with Gasteiger partial charge in [0.05, 0.1) is 12.2 Å². The van der Waals surface area contributed by atoms with Crippen molar-refractivity contribution in [3.05, 3.63) is 34.9 Å². The highest BCUT2D eigenvalue weighted by Crippen LogP contribution is 2.40. The molecule has 1 aliphatic heterocycles. The second-order valence-electron chi connectivity index (χ2n) is 7.13. The summed E-state index contributed by atoms with van der Waals surface area (Å²) in [7, 11) is 0. The van der Waals surface area contributed by atoms with Crippen molar-refractivity contribution in [2.75, 3.05) is 12.3 Å². The van der Waals surface area contributed by atoms with E-state index >= 15 is 0 Å². The van der Waals surface area contributed by atoms with Crippen molar-refractivity contribution >= 4 is 5.82 Å². The maximum atomic E-state index is 13.0. The number of aromatic nitrogens is 2. The normalized spacial score (nSPS) is 14.1. The van der Waals surface area contributed by atoms with Crippen LogP contribution in [0.25, 0.3) is 11.3 Å². The standard InChI is InChI=1S/C15H14F3N3O2.C5H12/c16-15(17,18)10-4-9-7-23-3-1-2-8-5-12(19)20-21-14(8)13(9)11(22)6-10;1-4-5(2)3/h4-6,22H,1-3,7H2,(H2,19,20);5H,4H2,1-3H3. The lowest BCUT2D eigenvalue weighted by Crippen LogP contribution is -2.08. The molecular formula is C20H26F3N3O2. The molecular weight excluding hydrogens is 371 g/mol. The van der Waals surface area contributed by atoms with Crippen LogP contribution in [0, 0.1) is 5.92 Å². The first-order valence-electron chi connectivity index (χ1n) is 9.26. The number of halogens is 3. The Morgan fingerprint density at radius 1 is 1.18 bits per heavy atom. The van der Waals surface area contributed by atoms with E-state index in [-0.39, 0.29) is 23.6 Å². The molecule has 0 saturated heterocycles. The van der Waals surface area contributed by atoms with Crippen LogP contribution < -0.4 is 5.73 Å². The number of anilines is 1. The predicted molar refractivity (Wildman–Crippen MR) is 102 cm³/mol. The smallest absolute Gasteiger partial charge is 0.416 e. The summed E-state index contributed by atoms with van der Waals surface area (Å²) >= 11 is 0. The van der Waals surface area contributed by atoms with Gasteiger partial charge < -0.3 is 15.6 Å². The largest absolute Gasteiger partial charge is 0.507 e. The summed E-state index contributed by atoms with van der Waals surface area (Å²) in [6.45, 7) is 6.99. The molecule has 0 fully saturated rings. The third kappa shape index (κ3) is 5.58. The molecule has 2 heterocycles. The van der Waals surface area contributed by atoms with Gasteiger partial charge in [-0.25, -0.2) is 0 Å². The van der Waals surface area contributed by atoms with Crippen molar-refractivity contribution in [2.45, 2.75) is 52.8 Å². The minimum Gasteiger partial charge on any atom is -0.507 e. The highest BCUT2D eigenvalue weighted by molar-refractivity contribution is 5.74. The zero-order chi connectivity index (χ0) is 20.9. The van der Waals surface area contributed by atoms with Crippen molar-refractivity contribution in [3.8, 4) is 17.0 Å². The van der Waals surface area contributed by atoms with Gasteiger partial charge in [0, 0.05) is 12.2 Å². The molecule has 28 heavy (non-hydrogen) atoms. The molecule has 0 amide bonds. The van der Waals surface area contributed by atoms with E-state index in [1.807, 2.05) is 0 Å². The molecule has 1 aliphatic rings. The first-order chi connectivity index (χ1) is 13.1. The van der Waals surface area contributed by atoms with Crippen LogP contribution in [0.2, 0.25) is 0 Å². The molecule has 3 N–H and O–H groups in total. The Balaban J connectivity index is 0.000000500. The van der Waals surface area contributed by atoms with Crippen LogP contribution in [0.1, 0.15) is 50.3 Å². The van der Waals surface area contributed by atoms with Gasteiger partial charge in [-0.2, -0.15) is 13.2 Å². The number of aryl methyl sites for hydroxylation is 1. The Bertz CT molecular complexity index is 808. The van der Waals surface area contributed by atoms with Crippen molar-refractivity contribution in [2.24, 2.45) is 5.92 Å². The summed E-state index contributed by atoms with van der Waals surface area (Å²) in [5, 5.41) is 17.9. The summed E-state index contributed by atoms with van der Waals surface area (Å²) in [4.78, 5) is 0. The molecule has 8 heteroatoms. The van der Waals surface area contributed by atoms with E-state index in [4.69, 9.17) is 10.5 Å². The third-order valence-electron chi connectivity index (χ3n) is 4.46. The van der Waals surface area contributed by atoms with Crippen LogP contribution >= 0.6 is 0 Å². The summed E-state index contributed by atoms with van der Waals surface area (Å²) in [6, 6.07) is 3.29. The average molecular weight is 397 g/mol. The minimum absolute atomic E-state index is 0.0433. The highest BCUT2D eigenvalue weighted by atomic mass is 19.4. The number of benzene rings is 1. The first kappa shape index (κ1) is 21.9. The molecule has 0 bridgehead atoms. The van der Waals surface area contributed by atoms with Crippen LogP contribution in [-0.2, 0) is 23.9 Å². The number of hydrogen-bond donors (Lipinski definition) is 2. The number of hydrogen-bond acceptors (Lipinski definition) is 5. The number of nitrogens with zero attached hydrogens (tertiary/aromatic N) is 2. The Labute approximate surface area is 162 Å². The molecule has 0 radical (unpaired) electrons. The number of phenols is 1. The van der Waals surface area contributed by atoms with Gasteiger partial charge in [-0.1, -0.05) is 27.2 Å². The lowest BCUT2D eigenvalue weighted by molar-refractivity contribution is -0.137. The summed E-state index contributed by atoms with van der Waals surface area (Å²) in [6.07, 6.45) is -2.01. The van der Waals surface area contributed by atoms with Gasteiger partial charge in [0.15, 0.2) is 0 Å². The number of nitrogens with two attached hydrogens (primary N) is 1. The third-order valence-corrected chi connectivity index (χ3v) is 4.46. The Morgan fingerprint density at radius 2 is 1.86 bits per heavy atom. The highest BCUT2D eigenvalue weighted by Gasteiger charge is 2.33. The molecule has 1 aromatic heterocycles. The van der Waals surface area contributed by atoms with Crippen LogP contribution in [0.5, 0.6) is 5.75 Å². The van der Waals surface area contributed by atoms with Crippen molar-refractivity contribution in [1.29, 1.82) is 0 Å². The van der Waals surface area contributed by atoms with Crippen molar-refractivity contribution < 1.29 is 23.0 Å². The number of alkyl halides is 3. The fourth-order valence-corrected chi connectivity index (χ4v) is 2.63. The molecule has 0 unspecified atom stereocenters. The summed E-state index contributed by atoms with van der Waals surface area (Å²) in [5.41, 5.74) is 6.20. The summed E-state index contributed by atoms with van der Waals surface area (Å²) < 4.78 is 44.3. The van der Waals surface area contributed by atoms with E-state index in [1.165, 1.54) is 6.42 Å². The van der Waals surface area contributed by atoms with Gasteiger partial charge in [0.2, 0.25) is 0 Å². The van der Waals surface area contributed by atoms with Gasteiger partial charge in [-0.05, 0) is 48.1 Å². The van der Waals surface area contributed by atoms with E-state index < -0.39 is 17.5 Å². The van der Waals surface area contributed by atoms with Crippen LogP contribution in [-0.4, -0.2) is 21.9 Å². The van der Waals surface area contributed by atoms with Crippen molar-refractivity contribution in [3.63, 3.8) is 0 Å². The summed E-state index contributed by atoms with van der Waals surface area (Å²) in [5.74, 6) is 0.604. The van der Waals surface area contributed by atoms with Gasteiger partial charge in [0.25, 0.3) is 0 Å². The molecule has 0 saturated carbocycles. The molecule has 154 valence electrons. The zero-order valence-corrected chi connectivity index (χ0v) is 16.3. The number of ether oxygens (including phenoxy) is 1. The fourth-order valence-electron chi connectivity index (χ4n) is 2.63. The van der Waals surface area contributed by atoms with Gasteiger partial charge in [-0.3, -0.25) is 0 Å². The Morgan fingerprint density at radius 3 is 2.46 bits per heavy atom. The van der Waals surface area contributed by atoms with E-state index in [0.29, 0.717) is 31.2 Å². The van der Waals surface area contributed by atoms with Crippen LogP contribution in [0.3, 0.4) is 0 Å². The molecule has 0 aliphatic carbocycles. The topological polar surface area (TPSA) is 81.3 Å². The molecule has 1 aromatic carbocycles. The molecule has 0 atom stereocenters. The molecule has 5 nitrogen and oxygen atoms in total. The number of fused-ring (bicyclic) bond motifs is 3. The van der Waals surface area contributed by atoms with E-state index in [1.54, 1.807) is 6.07 Å². The zero-order valence-electron chi connectivity index (χ0n) is 16.3. The fraction of sp³-hybridized carbons (Fsp3) is 0.500. The number of phenolic OH excluding ortho intramolecular Hbond substituents is 1. The Kier molecular flexibility index (Phi) is 7.23. The van der Waals surface area contributed by atoms with Gasteiger partial charge in [-0.15, -0.1) is 10.2 Å². The van der Waals surface area contributed by atoms with Gasteiger partial charge >= 0.3 is 6.18 Å². The number of rotatable bonds is 1. The predicted octanol–water partition coefficient (Wildman–Crippen LogP) is 4.97.